The van der Waals surface area contributed by atoms with Crippen molar-refractivity contribution >= 4 is 29.0 Å². The predicted molar refractivity (Wildman–Crippen MR) is 132 cm³/mol. The first-order chi connectivity index (χ1) is 15.3. The Morgan fingerprint density at radius 1 is 1.12 bits per heavy atom. The topological polar surface area (TPSA) is 48.0 Å². The van der Waals surface area contributed by atoms with Gasteiger partial charge in [-0.15, -0.1) is 0 Å². The van der Waals surface area contributed by atoms with Gasteiger partial charge in [0.15, 0.2) is 0 Å². The van der Waals surface area contributed by atoms with Gasteiger partial charge >= 0.3 is 6.03 Å². The van der Waals surface area contributed by atoms with Gasteiger partial charge in [-0.3, -0.25) is 4.90 Å². The number of hydrogen-bond donors (Lipinski definition) is 1. The molecule has 0 spiro atoms. The molecule has 178 valence electrons. The van der Waals surface area contributed by atoms with Crippen LogP contribution in [0.15, 0.2) is 18.2 Å². The number of ether oxygens (including phenoxy) is 1. The number of nitrogens with zero attached hydrogens (tertiary/aromatic N) is 3. The first-order valence-electron chi connectivity index (χ1n) is 12.4. The van der Waals surface area contributed by atoms with Crippen molar-refractivity contribution in [1.82, 2.24) is 9.80 Å². The quantitative estimate of drug-likeness (QED) is 0.652. The molecule has 0 unspecified atom stereocenters. The minimum absolute atomic E-state index is 0.0869. The van der Waals surface area contributed by atoms with E-state index in [1.54, 1.807) is 0 Å². The van der Waals surface area contributed by atoms with Crippen LogP contribution >= 0.6 is 11.6 Å². The molecule has 1 aromatic carbocycles. The van der Waals surface area contributed by atoms with E-state index in [9.17, 15) is 4.79 Å². The summed E-state index contributed by atoms with van der Waals surface area (Å²) in [6, 6.07) is 6.35. The summed E-state index contributed by atoms with van der Waals surface area (Å²) in [5.74, 6) is 0. The Morgan fingerprint density at radius 3 is 2.53 bits per heavy atom. The van der Waals surface area contributed by atoms with Crippen LogP contribution in [0.3, 0.4) is 0 Å². The van der Waals surface area contributed by atoms with E-state index in [1.165, 1.54) is 19.3 Å². The number of piperazine rings is 1. The number of para-hydroxylation sites is 1. The summed E-state index contributed by atoms with van der Waals surface area (Å²) in [6.45, 7) is 11.9. The molecular formula is C25H39ClN4O2. The molecule has 1 atom stereocenters. The molecule has 2 aliphatic heterocycles. The molecule has 7 heteroatoms. The van der Waals surface area contributed by atoms with Crippen LogP contribution in [0, 0.1) is 0 Å². The zero-order valence-corrected chi connectivity index (χ0v) is 20.7. The molecule has 1 saturated carbocycles. The lowest BCUT2D eigenvalue weighted by atomic mass is 9.96. The Bertz CT molecular complexity index is 790. The van der Waals surface area contributed by atoms with Gasteiger partial charge in [0.25, 0.3) is 0 Å². The number of likely N-dealkylation sites (tertiary alicyclic amines) is 1. The second-order valence-corrected chi connectivity index (χ2v) is 10.6. The fraction of sp³-hybridized carbons (Fsp3) is 0.720. The van der Waals surface area contributed by atoms with Gasteiger partial charge in [-0.25, -0.2) is 4.79 Å². The fourth-order valence-electron chi connectivity index (χ4n) is 5.35. The average Bonchev–Trinajstić information content (AvgIpc) is 3.17. The van der Waals surface area contributed by atoms with Crippen LogP contribution in [0.1, 0.15) is 59.3 Å². The predicted octanol–water partition coefficient (Wildman–Crippen LogP) is 5.22. The summed E-state index contributed by atoms with van der Waals surface area (Å²) in [4.78, 5) is 19.9. The van der Waals surface area contributed by atoms with Gasteiger partial charge in [0.05, 0.1) is 34.6 Å². The maximum Gasteiger partial charge on any atom is 0.322 e. The molecule has 32 heavy (non-hydrogen) atoms. The molecule has 0 bridgehead atoms. The number of anilines is 2. The van der Waals surface area contributed by atoms with Gasteiger partial charge < -0.3 is 19.9 Å². The molecule has 2 heterocycles. The number of halogens is 1. The second-order valence-electron chi connectivity index (χ2n) is 10.2. The molecule has 2 amide bonds. The Labute approximate surface area is 198 Å². The lowest BCUT2D eigenvalue weighted by Gasteiger charge is -2.39. The van der Waals surface area contributed by atoms with E-state index in [1.807, 2.05) is 17.0 Å². The van der Waals surface area contributed by atoms with Gasteiger partial charge in [0, 0.05) is 38.8 Å². The third kappa shape index (κ3) is 5.52. The van der Waals surface area contributed by atoms with E-state index in [-0.39, 0.29) is 11.6 Å². The summed E-state index contributed by atoms with van der Waals surface area (Å²) >= 11 is 6.57. The van der Waals surface area contributed by atoms with Crippen LogP contribution in [-0.4, -0.2) is 72.8 Å². The van der Waals surface area contributed by atoms with Crippen molar-refractivity contribution in [2.45, 2.75) is 77.0 Å². The number of carbonyl (C=O) groups is 1. The van der Waals surface area contributed by atoms with E-state index < -0.39 is 0 Å². The van der Waals surface area contributed by atoms with Crippen LogP contribution in [-0.2, 0) is 4.74 Å². The number of amides is 2. The van der Waals surface area contributed by atoms with Gasteiger partial charge in [0.1, 0.15) is 0 Å². The molecule has 1 aromatic rings. The number of benzene rings is 1. The highest BCUT2D eigenvalue weighted by molar-refractivity contribution is 6.34. The normalized spacial score (nSPS) is 25.5. The number of hydrogen-bond acceptors (Lipinski definition) is 4. The van der Waals surface area contributed by atoms with E-state index in [0.29, 0.717) is 30.3 Å². The minimum Gasteiger partial charge on any atom is -0.370 e. The molecular weight excluding hydrogens is 424 g/mol. The Balaban J connectivity index is 1.39. The number of urea groups is 1. The number of rotatable bonds is 5. The van der Waals surface area contributed by atoms with Crippen molar-refractivity contribution in [1.29, 1.82) is 0 Å². The third-order valence-electron chi connectivity index (χ3n) is 7.34. The largest absolute Gasteiger partial charge is 0.370 e. The summed E-state index contributed by atoms with van der Waals surface area (Å²) in [5.41, 5.74) is 1.48. The Kier molecular flexibility index (Phi) is 7.53. The number of nitrogens with one attached hydrogen (secondary N) is 1. The molecule has 1 aliphatic carbocycles. The first-order valence-corrected chi connectivity index (χ1v) is 12.7. The summed E-state index contributed by atoms with van der Waals surface area (Å²) in [7, 11) is 0. The monoisotopic (exact) mass is 462 g/mol. The van der Waals surface area contributed by atoms with Crippen LogP contribution in [0.5, 0.6) is 0 Å². The maximum absolute atomic E-state index is 13.2. The van der Waals surface area contributed by atoms with Crippen LogP contribution in [0.25, 0.3) is 0 Å². The first kappa shape index (κ1) is 23.7. The van der Waals surface area contributed by atoms with Crippen LogP contribution in [0.2, 0.25) is 5.02 Å². The van der Waals surface area contributed by atoms with Gasteiger partial charge in [-0.05, 0) is 52.2 Å². The fourth-order valence-corrected chi connectivity index (χ4v) is 5.57. The van der Waals surface area contributed by atoms with Crippen molar-refractivity contribution in [2.24, 2.45) is 0 Å². The zero-order valence-electron chi connectivity index (χ0n) is 19.9. The molecule has 3 aliphatic rings. The smallest absolute Gasteiger partial charge is 0.322 e. The molecule has 0 aromatic heterocycles. The lowest BCUT2D eigenvalue weighted by molar-refractivity contribution is -0.0862. The van der Waals surface area contributed by atoms with E-state index in [4.69, 9.17) is 16.3 Å². The van der Waals surface area contributed by atoms with Crippen molar-refractivity contribution < 1.29 is 9.53 Å². The SMILES string of the molecule is CC(C)N1CCN(c2cccc(Cl)c2NC(=O)N2CC[C@@](C)(OC3CCCCC3)C2)CC1. The zero-order chi connectivity index (χ0) is 22.7. The third-order valence-corrected chi connectivity index (χ3v) is 7.65. The molecule has 4 rings (SSSR count). The van der Waals surface area contributed by atoms with Crippen molar-refractivity contribution in [3.63, 3.8) is 0 Å². The maximum atomic E-state index is 13.2. The number of carbonyl (C=O) groups excluding carboxylic acids is 1. The highest BCUT2D eigenvalue weighted by Gasteiger charge is 2.39. The average molecular weight is 463 g/mol. The van der Waals surface area contributed by atoms with Crippen molar-refractivity contribution in [3.05, 3.63) is 23.2 Å². The minimum atomic E-state index is -0.254. The van der Waals surface area contributed by atoms with Crippen LogP contribution in [0.4, 0.5) is 16.2 Å². The summed E-state index contributed by atoms with van der Waals surface area (Å²) in [6.07, 6.45) is 7.35. The highest BCUT2D eigenvalue weighted by atomic mass is 35.5. The molecule has 3 fully saturated rings. The Morgan fingerprint density at radius 2 is 1.84 bits per heavy atom. The van der Waals surface area contributed by atoms with Crippen LogP contribution < -0.4 is 10.2 Å². The van der Waals surface area contributed by atoms with Gasteiger partial charge in [-0.1, -0.05) is 36.9 Å². The molecule has 0 radical (unpaired) electrons. The lowest BCUT2D eigenvalue weighted by Crippen LogP contribution is -2.49. The highest BCUT2D eigenvalue weighted by Crippen LogP contribution is 2.36. The van der Waals surface area contributed by atoms with E-state index in [2.05, 4.69) is 42.0 Å². The summed E-state index contributed by atoms with van der Waals surface area (Å²) in [5, 5.41) is 3.72. The van der Waals surface area contributed by atoms with Gasteiger partial charge in [-0.2, -0.15) is 0 Å². The van der Waals surface area contributed by atoms with Gasteiger partial charge in [0.2, 0.25) is 0 Å². The Hall–Kier alpha value is -1.50. The molecule has 2 saturated heterocycles. The second kappa shape index (κ2) is 10.2. The standard InChI is InChI=1S/C25H39ClN4O2/c1-19(2)28-14-16-29(17-15-28)22-11-7-10-21(26)23(22)27-24(31)30-13-12-25(3,18-30)32-20-8-5-4-6-9-20/h7,10-11,19-20H,4-6,8-9,12-18H2,1-3H3,(H,27,31)/t25-/m1/s1. The molecule has 6 nitrogen and oxygen atoms in total. The van der Waals surface area contributed by atoms with E-state index >= 15 is 0 Å². The van der Waals surface area contributed by atoms with Crippen molar-refractivity contribution in [2.75, 3.05) is 49.5 Å². The van der Waals surface area contributed by atoms with E-state index in [0.717, 1.165) is 56.8 Å². The van der Waals surface area contributed by atoms with Crippen molar-refractivity contribution in [3.8, 4) is 0 Å². The summed E-state index contributed by atoms with van der Waals surface area (Å²) < 4.78 is 6.48. The molecule has 1 N–H and O–H groups in total.